The molecule has 0 radical (unpaired) electrons. The van der Waals surface area contributed by atoms with E-state index in [2.05, 4.69) is 4.98 Å². The van der Waals surface area contributed by atoms with Crippen LogP contribution in [0.3, 0.4) is 0 Å². The third kappa shape index (κ3) is 5.54. The SMILES string of the molecule is COc1ccc(C(c2ccccn2)N(C)C(=O)C2CCN(C(=O)OC(C)C)CC2)cc1. The number of pyridine rings is 1. The number of nitrogens with zero attached hydrogens (tertiary/aromatic N) is 3. The van der Waals surface area contributed by atoms with Crippen molar-refractivity contribution in [3.05, 3.63) is 59.9 Å². The van der Waals surface area contributed by atoms with Gasteiger partial charge in [-0.25, -0.2) is 4.79 Å². The summed E-state index contributed by atoms with van der Waals surface area (Å²) >= 11 is 0. The molecule has 0 aliphatic carbocycles. The quantitative estimate of drug-likeness (QED) is 0.702. The highest BCUT2D eigenvalue weighted by Crippen LogP contribution is 2.31. The Balaban J connectivity index is 1.74. The molecule has 2 heterocycles. The Hall–Kier alpha value is -3.09. The van der Waals surface area contributed by atoms with Crippen LogP contribution in [0, 0.1) is 5.92 Å². The maximum absolute atomic E-state index is 13.4. The fraction of sp³-hybridized carbons (Fsp3) is 0.458. The van der Waals surface area contributed by atoms with Crippen molar-refractivity contribution in [2.75, 3.05) is 27.2 Å². The number of ether oxygens (including phenoxy) is 2. The Morgan fingerprint density at radius 2 is 1.77 bits per heavy atom. The molecule has 7 nitrogen and oxygen atoms in total. The predicted molar refractivity (Wildman–Crippen MR) is 118 cm³/mol. The first-order valence-corrected chi connectivity index (χ1v) is 10.7. The summed E-state index contributed by atoms with van der Waals surface area (Å²) in [6.07, 6.45) is 2.52. The number of carbonyl (C=O) groups excluding carboxylic acids is 2. The molecule has 3 rings (SSSR count). The van der Waals surface area contributed by atoms with E-state index in [9.17, 15) is 9.59 Å². The number of carbonyl (C=O) groups is 2. The topological polar surface area (TPSA) is 72.0 Å². The van der Waals surface area contributed by atoms with Gasteiger partial charge in [-0.1, -0.05) is 18.2 Å². The molecule has 1 unspecified atom stereocenters. The number of rotatable bonds is 6. The van der Waals surface area contributed by atoms with Gasteiger partial charge in [0, 0.05) is 32.3 Å². The minimum atomic E-state index is -0.307. The van der Waals surface area contributed by atoms with Crippen molar-refractivity contribution in [1.82, 2.24) is 14.8 Å². The Morgan fingerprint density at radius 3 is 2.32 bits per heavy atom. The maximum atomic E-state index is 13.4. The summed E-state index contributed by atoms with van der Waals surface area (Å²) in [7, 11) is 3.45. The molecular formula is C24H31N3O4. The van der Waals surface area contributed by atoms with Crippen molar-refractivity contribution in [2.24, 2.45) is 5.92 Å². The number of likely N-dealkylation sites (tertiary alicyclic amines) is 1. The average molecular weight is 426 g/mol. The summed E-state index contributed by atoms with van der Waals surface area (Å²) in [5, 5.41) is 0. The van der Waals surface area contributed by atoms with Crippen LogP contribution in [0.25, 0.3) is 0 Å². The minimum absolute atomic E-state index is 0.0587. The highest BCUT2D eigenvalue weighted by molar-refractivity contribution is 5.80. The summed E-state index contributed by atoms with van der Waals surface area (Å²) in [4.78, 5) is 33.5. The molecule has 0 N–H and O–H groups in total. The van der Waals surface area contributed by atoms with E-state index < -0.39 is 0 Å². The zero-order valence-electron chi connectivity index (χ0n) is 18.7. The first kappa shape index (κ1) is 22.6. The zero-order valence-corrected chi connectivity index (χ0v) is 18.7. The van der Waals surface area contributed by atoms with E-state index in [1.165, 1.54) is 0 Å². The van der Waals surface area contributed by atoms with Crippen LogP contribution in [-0.4, -0.2) is 60.1 Å². The lowest BCUT2D eigenvalue weighted by atomic mass is 9.93. The fourth-order valence-corrected chi connectivity index (χ4v) is 3.92. The summed E-state index contributed by atoms with van der Waals surface area (Å²) in [6, 6.07) is 13.1. The lowest BCUT2D eigenvalue weighted by Gasteiger charge is -2.35. The van der Waals surface area contributed by atoms with Crippen molar-refractivity contribution in [3.8, 4) is 5.75 Å². The standard InChI is InChI=1S/C24H31N3O4/c1-17(2)31-24(29)27-15-12-19(13-16-27)23(28)26(3)22(21-7-5-6-14-25-21)18-8-10-20(30-4)11-9-18/h5-11,14,17,19,22H,12-13,15-16H2,1-4H3. The van der Waals surface area contributed by atoms with Crippen LogP contribution in [0.1, 0.15) is 44.0 Å². The molecular weight excluding hydrogens is 394 g/mol. The number of amides is 2. The van der Waals surface area contributed by atoms with E-state index in [0.717, 1.165) is 17.0 Å². The number of hydrogen-bond acceptors (Lipinski definition) is 5. The predicted octanol–water partition coefficient (Wildman–Crippen LogP) is 3.90. The lowest BCUT2D eigenvalue weighted by molar-refractivity contribution is -0.137. The molecule has 1 aliphatic heterocycles. The van der Waals surface area contributed by atoms with Gasteiger partial charge in [-0.2, -0.15) is 0 Å². The molecule has 2 amide bonds. The largest absolute Gasteiger partial charge is 0.497 e. The van der Waals surface area contributed by atoms with E-state index in [-0.39, 0.29) is 30.1 Å². The van der Waals surface area contributed by atoms with Gasteiger partial charge in [0.05, 0.1) is 24.9 Å². The lowest BCUT2D eigenvalue weighted by Crippen LogP contribution is -2.45. The molecule has 1 atom stereocenters. The molecule has 1 aromatic heterocycles. The Kier molecular flexibility index (Phi) is 7.50. The van der Waals surface area contributed by atoms with Gasteiger partial charge in [0.15, 0.2) is 0 Å². The summed E-state index contributed by atoms with van der Waals surface area (Å²) < 4.78 is 10.6. The van der Waals surface area contributed by atoms with Gasteiger partial charge in [-0.15, -0.1) is 0 Å². The molecule has 1 aromatic carbocycles. The van der Waals surface area contributed by atoms with E-state index in [1.54, 1.807) is 23.1 Å². The van der Waals surface area contributed by atoms with Crippen LogP contribution >= 0.6 is 0 Å². The van der Waals surface area contributed by atoms with Gasteiger partial charge in [0.1, 0.15) is 5.75 Å². The highest BCUT2D eigenvalue weighted by atomic mass is 16.6. The third-order valence-electron chi connectivity index (χ3n) is 5.57. The van der Waals surface area contributed by atoms with Gasteiger partial charge in [0.25, 0.3) is 0 Å². The van der Waals surface area contributed by atoms with E-state index in [0.29, 0.717) is 25.9 Å². The molecule has 0 saturated carbocycles. The molecule has 0 spiro atoms. The number of aromatic nitrogens is 1. The van der Waals surface area contributed by atoms with Gasteiger partial charge >= 0.3 is 6.09 Å². The van der Waals surface area contributed by atoms with Gasteiger partial charge in [-0.3, -0.25) is 9.78 Å². The molecule has 166 valence electrons. The second-order valence-corrected chi connectivity index (χ2v) is 8.07. The summed E-state index contributed by atoms with van der Waals surface area (Å²) in [5.41, 5.74) is 1.77. The van der Waals surface area contributed by atoms with E-state index >= 15 is 0 Å². The van der Waals surface area contributed by atoms with Gasteiger partial charge in [-0.05, 0) is 56.5 Å². The smallest absolute Gasteiger partial charge is 0.410 e. The third-order valence-corrected chi connectivity index (χ3v) is 5.57. The normalized spacial score (nSPS) is 15.5. The molecule has 1 fully saturated rings. The van der Waals surface area contributed by atoms with Crippen LogP contribution in [0.4, 0.5) is 4.79 Å². The average Bonchev–Trinajstić information content (AvgIpc) is 2.79. The monoisotopic (exact) mass is 425 g/mol. The molecule has 7 heteroatoms. The number of methoxy groups -OCH3 is 1. The van der Waals surface area contributed by atoms with Gasteiger partial charge < -0.3 is 19.3 Å². The Bertz CT molecular complexity index is 862. The Morgan fingerprint density at radius 1 is 1.10 bits per heavy atom. The first-order valence-electron chi connectivity index (χ1n) is 10.7. The van der Waals surface area contributed by atoms with E-state index in [1.807, 2.05) is 63.4 Å². The van der Waals surface area contributed by atoms with Crippen molar-refractivity contribution in [3.63, 3.8) is 0 Å². The second kappa shape index (κ2) is 10.3. The molecule has 31 heavy (non-hydrogen) atoms. The minimum Gasteiger partial charge on any atom is -0.497 e. The first-order chi connectivity index (χ1) is 14.9. The van der Waals surface area contributed by atoms with Crippen LogP contribution in [0.2, 0.25) is 0 Å². The molecule has 2 aromatic rings. The molecule has 0 bridgehead atoms. The Labute approximate surface area is 184 Å². The van der Waals surface area contributed by atoms with Crippen LogP contribution in [-0.2, 0) is 9.53 Å². The van der Waals surface area contributed by atoms with Crippen molar-refractivity contribution < 1.29 is 19.1 Å². The maximum Gasteiger partial charge on any atom is 0.410 e. The van der Waals surface area contributed by atoms with Crippen LogP contribution in [0.5, 0.6) is 5.75 Å². The molecule has 1 saturated heterocycles. The second-order valence-electron chi connectivity index (χ2n) is 8.07. The van der Waals surface area contributed by atoms with Crippen LogP contribution < -0.4 is 4.74 Å². The van der Waals surface area contributed by atoms with Crippen molar-refractivity contribution in [1.29, 1.82) is 0 Å². The number of benzene rings is 1. The fourth-order valence-electron chi connectivity index (χ4n) is 3.92. The van der Waals surface area contributed by atoms with E-state index in [4.69, 9.17) is 9.47 Å². The molecule has 1 aliphatic rings. The highest BCUT2D eigenvalue weighted by Gasteiger charge is 2.33. The summed E-state index contributed by atoms with van der Waals surface area (Å²) in [5.74, 6) is 0.680. The number of piperidine rings is 1. The zero-order chi connectivity index (χ0) is 22.4. The number of hydrogen-bond donors (Lipinski definition) is 0. The van der Waals surface area contributed by atoms with Crippen molar-refractivity contribution >= 4 is 12.0 Å². The van der Waals surface area contributed by atoms with Crippen molar-refractivity contribution in [2.45, 2.75) is 38.8 Å². The van der Waals surface area contributed by atoms with Crippen LogP contribution in [0.15, 0.2) is 48.7 Å². The van der Waals surface area contributed by atoms with Gasteiger partial charge in [0.2, 0.25) is 5.91 Å². The summed E-state index contributed by atoms with van der Waals surface area (Å²) in [6.45, 7) is 4.71.